The van der Waals surface area contributed by atoms with E-state index in [-0.39, 0.29) is 17.6 Å². The average Bonchev–Trinajstić information content (AvgIpc) is 3.29. The fourth-order valence-corrected chi connectivity index (χ4v) is 3.54. The lowest BCUT2D eigenvalue weighted by atomic mass is 9.77. The number of hydrogen-bond donors (Lipinski definition) is 1. The van der Waals surface area contributed by atoms with Crippen molar-refractivity contribution in [1.29, 1.82) is 0 Å². The van der Waals surface area contributed by atoms with Gasteiger partial charge in [0.1, 0.15) is 11.5 Å². The van der Waals surface area contributed by atoms with Gasteiger partial charge in [-0.1, -0.05) is 5.16 Å². The summed E-state index contributed by atoms with van der Waals surface area (Å²) in [4.78, 5) is 13.7. The molecule has 0 unspecified atom stereocenters. The number of aliphatic hydroxyl groups is 1. The van der Waals surface area contributed by atoms with Crippen LogP contribution in [0.1, 0.15) is 39.9 Å². The maximum absolute atomic E-state index is 14.6. The highest BCUT2D eigenvalue weighted by molar-refractivity contribution is 6.62. The first-order valence-corrected chi connectivity index (χ1v) is 9.55. The van der Waals surface area contributed by atoms with Crippen molar-refractivity contribution in [3.05, 3.63) is 35.8 Å². The van der Waals surface area contributed by atoms with Crippen LogP contribution in [-0.2, 0) is 19.7 Å². The van der Waals surface area contributed by atoms with E-state index in [1.54, 1.807) is 19.2 Å². The smallest absolute Gasteiger partial charge is 0.399 e. The predicted molar refractivity (Wildman–Crippen MR) is 104 cm³/mol. The van der Waals surface area contributed by atoms with Crippen LogP contribution in [0.4, 0.5) is 4.39 Å². The first kappa shape index (κ1) is 20.1. The molecule has 1 aromatic heterocycles. The molecule has 0 saturated carbocycles. The van der Waals surface area contributed by atoms with Crippen LogP contribution in [-0.4, -0.2) is 53.0 Å². The Hall–Kier alpha value is -2.23. The van der Waals surface area contributed by atoms with Gasteiger partial charge < -0.3 is 23.8 Å². The van der Waals surface area contributed by atoms with E-state index in [9.17, 15) is 14.3 Å². The van der Waals surface area contributed by atoms with Gasteiger partial charge in [-0.3, -0.25) is 4.79 Å². The topological polar surface area (TPSA) is 85.0 Å². The molecule has 1 amide bonds. The van der Waals surface area contributed by atoms with Crippen molar-refractivity contribution in [1.82, 2.24) is 10.1 Å². The monoisotopic (exact) mass is 402 g/mol. The number of carbonyl (C=O) groups excluding carboxylic acids is 1. The minimum atomic E-state index is -1.73. The lowest BCUT2D eigenvalue weighted by molar-refractivity contribution is -0.144. The average molecular weight is 402 g/mol. The van der Waals surface area contributed by atoms with Gasteiger partial charge in [-0.15, -0.1) is 0 Å². The molecular weight excluding hydrogens is 378 g/mol. The summed E-state index contributed by atoms with van der Waals surface area (Å²) < 4.78 is 31.7. The lowest BCUT2D eigenvalue weighted by Crippen LogP contribution is -2.41. The van der Waals surface area contributed by atoms with Crippen LogP contribution >= 0.6 is 0 Å². The molecular formula is C20H24BFN2O5. The van der Waals surface area contributed by atoms with Crippen molar-refractivity contribution in [2.45, 2.75) is 50.9 Å². The van der Waals surface area contributed by atoms with Crippen molar-refractivity contribution < 1.29 is 28.1 Å². The molecule has 0 aliphatic carbocycles. The molecule has 154 valence electrons. The van der Waals surface area contributed by atoms with Gasteiger partial charge in [0.2, 0.25) is 5.60 Å². The number of hydrogen-bond acceptors (Lipinski definition) is 6. The van der Waals surface area contributed by atoms with Gasteiger partial charge in [-0.2, -0.15) is 0 Å². The highest BCUT2D eigenvalue weighted by Crippen LogP contribution is 2.37. The molecule has 0 bridgehead atoms. The first-order chi connectivity index (χ1) is 13.4. The number of likely N-dealkylation sites (N-methyl/N-ethyl adjacent to an activating group) is 1. The van der Waals surface area contributed by atoms with Crippen LogP contribution in [0.15, 0.2) is 28.8 Å². The van der Waals surface area contributed by atoms with Crippen LogP contribution in [0.3, 0.4) is 0 Å². The third kappa shape index (κ3) is 3.08. The highest BCUT2D eigenvalue weighted by atomic mass is 19.1. The molecule has 9 heteroatoms. The molecule has 0 radical (unpaired) electrons. The van der Waals surface area contributed by atoms with Gasteiger partial charge in [0.15, 0.2) is 5.76 Å². The SMILES string of the molecule is CN1CC[C@@](O)(c2cc(-c3ccc(F)c(B4OC(C)(C)C(C)(C)O4)c3)no2)C1=O. The van der Waals surface area contributed by atoms with E-state index < -0.39 is 35.6 Å². The minimum Gasteiger partial charge on any atom is -0.399 e. The standard InChI is InChI=1S/C20H24BFN2O5/c1-18(2)19(3,4)29-21(28-18)13-10-12(6-7-14(13)22)15-11-16(27-23-15)20(26)8-9-24(5)17(20)25/h6-7,10-11,26H,8-9H2,1-5H3/t20-/m1/s1. The maximum Gasteiger partial charge on any atom is 0.497 e. The minimum absolute atomic E-state index is 0.0726. The highest BCUT2D eigenvalue weighted by Gasteiger charge is 2.52. The van der Waals surface area contributed by atoms with E-state index in [0.29, 0.717) is 17.8 Å². The summed E-state index contributed by atoms with van der Waals surface area (Å²) in [5.41, 5.74) is -1.73. The fraction of sp³-hybridized carbons (Fsp3) is 0.500. The second kappa shape index (κ2) is 6.39. The molecule has 29 heavy (non-hydrogen) atoms. The van der Waals surface area contributed by atoms with E-state index in [1.807, 2.05) is 27.7 Å². The van der Waals surface area contributed by atoms with E-state index in [2.05, 4.69) is 5.16 Å². The van der Waals surface area contributed by atoms with Crippen LogP contribution in [0.5, 0.6) is 0 Å². The van der Waals surface area contributed by atoms with Crippen LogP contribution < -0.4 is 5.46 Å². The van der Waals surface area contributed by atoms with Crippen LogP contribution in [0, 0.1) is 5.82 Å². The van der Waals surface area contributed by atoms with Crippen molar-refractivity contribution >= 4 is 18.5 Å². The zero-order chi connectivity index (χ0) is 21.2. The summed E-state index contributed by atoms with van der Waals surface area (Å²) in [6, 6.07) is 5.97. The molecule has 1 aromatic carbocycles. The summed E-state index contributed by atoms with van der Waals surface area (Å²) in [7, 11) is 0.759. The Morgan fingerprint density at radius 3 is 2.41 bits per heavy atom. The van der Waals surface area contributed by atoms with E-state index in [1.165, 1.54) is 17.0 Å². The summed E-state index contributed by atoms with van der Waals surface area (Å²) >= 11 is 0. The molecule has 1 atom stereocenters. The predicted octanol–water partition coefficient (Wildman–Crippen LogP) is 1.83. The normalized spacial score (nSPS) is 25.8. The molecule has 2 fully saturated rings. The second-order valence-corrected chi connectivity index (χ2v) is 8.74. The van der Waals surface area contributed by atoms with Crippen molar-refractivity contribution in [2.75, 3.05) is 13.6 Å². The maximum atomic E-state index is 14.6. The molecule has 2 aliphatic heterocycles. The quantitative estimate of drug-likeness (QED) is 0.789. The van der Waals surface area contributed by atoms with Gasteiger partial charge >= 0.3 is 7.12 Å². The van der Waals surface area contributed by atoms with Gasteiger partial charge in [0.25, 0.3) is 5.91 Å². The fourth-order valence-electron chi connectivity index (χ4n) is 3.54. The van der Waals surface area contributed by atoms with Crippen molar-refractivity contribution in [2.24, 2.45) is 0 Å². The summed E-state index contributed by atoms with van der Waals surface area (Å²) in [5.74, 6) is -0.817. The van der Waals surface area contributed by atoms with Crippen molar-refractivity contribution in [3.8, 4) is 11.3 Å². The zero-order valence-corrected chi connectivity index (χ0v) is 17.2. The Morgan fingerprint density at radius 2 is 1.83 bits per heavy atom. The van der Waals surface area contributed by atoms with Gasteiger partial charge in [-0.25, -0.2) is 4.39 Å². The number of nitrogens with zero attached hydrogens (tertiary/aromatic N) is 2. The molecule has 3 heterocycles. The Kier molecular flexibility index (Phi) is 4.42. The third-order valence-corrected chi connectivity index (χ3v) is 6.23. The molecule has 4 rings (SSSR count). The molecule has 7 nitrogen and oxygen atoms in total. The first-order valence-electron chi connectivity index (χ1n) is 9.55. The van der Waals surface area contributed by atoms with Gasteiger partial charge in [0.05, 0.1) is 11.2 Å². The van der Waals surface area contributed by atoms with Crippen molar-refractivity contribution in [3.63, 3.8) is 0 Å². The summed E-state index contributed by atoms with van der Waals surface area (Å²) in [6.07, 6.45) is 0.222. The van der Waals surface area contributed by atoms with Gasteiger partial charge in [-0.05, 0) is 45.9 Å². The molecule has 2 aliphatic rings. The zero-order valence-electron chi connectivity index (χ0n) is 17.2. The molecule has 0 spiro atoms. The molecule has 1 N–H and O–H groups in total. The number of aromatic nitrogens is 1. The number of benzene rings is 1. The number of halogens is 1. The summed E-state index contributed by atoms with van der Waals surface area (Å²) in [5, 5.41) is 14.7. The molecule has 2 saturated heterocycles. The Balaban J connectivity index is 1.66. The molecule has 2 aromatic rings. The van der Waals surface area contributed by atoms with Crippen LogP contribution in [0.25, 0.3) is 11.3 Å². The number of likely N-dealkylation sites (tertiary alicyclic amines) is 1. The number of amides is 1. The third-order valence-electron chi connectivity index (χ3n) is 6.23. The Bertz CT molecular complexity index is 960. The number of carbonyl (C=O) groups is 1. The largest absolute Gasteiger partial charge is 0.497 e. The Labute approximate surface area is 168 Å². The van der Waals surface area contributed by atoms with Crippen LogP contribution in [0.2, 0.25) is 0 Å². The summed E-state index contributed by atoms with van der Waals surface area (Å²) in [6.45, 7) is 8.02. The lowest BCUT2D eigenvalue weighted by Gasteiger charge is -2.32. The van der Waals surface area contributed by atoms with Gasteiger partial charge in [0, 0.05) is 37.1 Å². The second-order valence-electron chi connectivity index (χ2n) is 8.74. The van der Waals surface area contributed by atoms with E-state index >= 15 is 0 Å². The van der Waals surface area contributed by atoms with E-state index in [0.717, 1.165) is 0 Å². The number of rotatable bonds is 3. The Morgan fingerprint density at radius 1 is 1.17 bits per heavy atom. The van der Waals surface area contributed by atoms with E-state index in [4.69, 9.17) is 13.8 Å².